The first-order valence-electron chi connectivity index (χ1n) is 10.00. The Bertz CT molecular complexity index is 713. The summed E-state index contributed by atoms with van der Waals surface area (Å²) in [4.78, 5) is 31.7. The van der Waals surface area contributed by atoms with E-state index in [1.807, 2.05) is 26.0 Å². The lowest BCUT2D eigenvalue weighted by atomic mass is 9.85. The molecule has 0 atom stereocenters. The Balaban J connectivity index is 1.73. The van der Waals surface area contributed by atoms with Gasteiger partial charge in [-0.25, -0.2) is 4.79 Å². The lowest BCUT2D eigenvalue weighted by molar-refractivity contribution is -0.136. The molecule has 0 aromatic heterocycles. The molecule has 0 saturated carbocycles. The second kappa shape index (κ2) is 8.49. The summed E-state index contributed by atoms with van der Waals surface area (Å²) in [5.74, 6) is 0.440. The van der Waals surface area contributed by atoms with Gasteiger partial charge in [0, 0.05) is 39.8 Å². The van der Waals surface area contributed by atoms with Crippen LogP contribution in [0.1, 0.15) is 32.3 Å². The number of hydrogen-bond acceptors (Lipinski definition) is 5. The Labute approximate surface area is 166 Å². The normalized spacial score (nSPS) is 20.0. The Kier molecular flexibility index (Phi) is 6.25. The van der Waals surface area contributed by atoms with Crippen molar-refractivity contribution in [3.63, 3.8) is 0 Å². The van der Waals surface area contributed by atoms with Crippen LogP contribution in [0.25, 0.3) is 0 Å². The molecule has 7 heteroatoms. The van der Waals surface area contributed by atoms with E-state index >= 15 is 0 Å². The molecule has 0 radical (unpaired) electrons. The Hall–Kier alpha value is -2.12. The maximum absolute atomic E-state index is 13.3. The van der Waals surface area contributed by atoms with Crippen LogP contribution in [0.3, 0.4) is 0 Å². The van der Waals surface area contributed by atoms with Gasteiger partial charge in [0.1, 0.15) is 11.3 Å². The minimum Gasteiger partial charge on any atom is -0.508 e. The van der Waals surface area contributed by atoms with Crippen LogP contribution >= 0.6 is 0 Å². The van der Waals surface area contributed by atoms with E-state index in [0.717, 1.165) is 25.2 Å². The van der Waals surface area contributed by atoms with Crippen molar-refractivity contribution in [2.75, 3.05) is 39.9 Å². The first-order chi connectivity index (χ1) is 13.4. The van der Waals surface area contributed by atoms with Gasteiger partial charge in [0.15, 0.2) is 0 Å². The fourth-order valence-corrected chi connectivity index (χ4v) is 4.28. The van der Waals surface area contributed by atoms with Crippen molar-refractivity contribution >= 4 is 11.9 Å². The zero-order valence-electron chi connectivity index (χ0n) is 17.1. The summed E-state index contributed by atoms with van der Waals surface area (Å²) in [7, 11) is 1.61. The number of ether oxygens (including phenoxy) is 1. The number of hydrogen-bond donors (Lipinski definition) is 1. The summed E-state index contributed by atoms with van der Waals surface area (Å²) in [6.45, 7) is 7.52. The third-order valence-corrected chi connectivity index (χ3v) is 5.69. The number of methoxy groups -OCH3 is 1. The van der Waals surface area contributed by atoms with Crippen molar-refractivity contribution in [1.82, 2.24) is 14.7 Å². The molecular formula is C21H31N3O4. The van der Waals surface area contributed by atoms with Crippen LogP contribution in [0.5, 0.6) is 5.75 Å². The number of urea groups is 1. The van der Waals surface area contributed by atoms with Crippen LogP contribution in [0.4, 0.5) is 4.79 Å². The third-order valence-electron chi connectivity index (χ3n) is 5.69. The average Bonchev–Trinajstić information content (AvgIpc) is 2.83. The maximum atomic E-state index is 13.3. The number of rotatable bonds is 7. The number of likely N-dealkylation sites (tertiary alicyclic amines) is 1. The zero-order chi connectivity index (χ0) is 20.3. The number of imide groups is 1. The van der Waals surface area contributed by atoms with Gasteiger partial charge in [0.2, 0.25) is 0 Å². The van der Waals surface area contributed by atoms with E-state index in [-0.39, 0.29) is 23.6 Å². The van der Waals surface area contributed by atoms with Crippen molar-refractivity contribution in [2.45, 2.75) is 38.8 Å². The topological polar surface area (TPSA) is 73.3 Å². The number of piperidine rings is 1. The molecule has 3 amide bonds. The first kappa shape index (κ1) is 20.6. The number of benzene rings is 1. The number of nitrogens with zero attached hydrogens (tertiary/aromatic N) is 3. The average molecular weight is 389 g/mol. The quantitative estimate of drug-likeness (QED) is 0.725. The highest BCUT2D eigenvalue weighted by Crippen LogP contribution is 2.37. The summed E-state index contributed by atoms with van der Waals surface area (Å²) in [6, 6.07) is 7.07. The lowest BCUT2D eigenvalue weighted by Crippen LogP contribution is -2.57. The summed E-state index contributed by atoms with van der Waals surface area (Å²) in [6.07, 6.45) is 1.24. The van der Waals surface area contributed by atoms with Gasteiger partial charge < -0.3 is 14.7 Å². The highest BCUT2D eigenvalue weighted by Gasteiger charge is 2.57. The minimum atomic E-state index is -0.750. The van der Waals surface area contributed by atoms with Gasteiger partial charge in [0.05, 0.1) is 6.61 Å². The molecule has 1 aromatic rings. The van der Waals surface area contributed by atoms with E-state index in [9.17, 15) is 14.7 Å². The van der Waals surface area contributed by atoms with Crippen molar-refractivity contribution < 1.29 is 19.4 Å². The molecule has 1 aromatic carbocycles. The molecule has 2 heterocycles. The molecule has 154 valence electrons. The lowest BCUT2D eigenvalue weighted by Gasteiger charge is -2.42. The fourth-order valence-electron chi connectivity index (χ4n) is 4.28. The van der Waals surface area contributed by atoms with Gasteiger partial charge >= 0.3 is 6.03 Å². The third kappa shape index (κ3) is 4.00. The number of phenols is 1. The Morgan fingerprint density at radius 2 is 1.93 bits per heavy atom. The largest absolute Gasteiger partial charge is 0.508 e. The number of carbonyl (C=O) groups is 2. The molecule has 2 aliphatic rings. The predicted octanol–water partition coefficient (Wildman–Crippen LogP) is 2.29. The molecule has 2 aliphatic heterocycles. The predicted molar refractivity (Wildman–Crippen MR) is 106 cm³/mol. The number of amides is 3. The molecule has 2 fully saturated rings. The minimum absolute atomic E-state index is 0.0562. The van der Waals surface area contributed by atoms with Gasteiger partial charge in [-0.3, -0.25) is 14.6 Å². The van der Waals surface area contributed by atoms with Gasteiger partial charge in [-0.1, -0.05) is 26.0 Å². The summed E-state index contributed by atoms with van der Waals surface area (Å²) in [5, 5.41) is 9.67. The summed E-state index contributed by atoms with van der Waals surface area (Å²) >= 11 is 0. The maximum Gasteiger partial charge on any atom is 0.327 e. The number of aromatic hydroxyl groups is 1. The first-order valence-corrected chi connectivity index (χ1v) is 10.00. The smallest absolute Gasteiger partial charge is 0.327 e. The molecule has 3 rings (SSSR count). The van der Waals surface area contributed by atoms with E-state index in [4.69, 9.17) is 4.74 Å². The van der Waals surface area contributed by atoms with Crippen LogP contribution in [0.2, 0.25) is 0 Å². The molecule has 0 aliphatic carbocycles. The van der Waals surface area contributed by atoms with E-state index in [1.54, 1.807) is 24.1 Å². The van der Waals surface area contributed by atoms with Crippen molar-refractivity contribution in [1.29, 1.82) is 0 Å². The van der Waals surface area contributed by atoms with Crippen LogP contribution in [0, 0.1) is 5.92 Å². The second-order valence-electron chi connectivity index (χ2n) is 8.21. The van der Waals surface area contributed by atoms with Gasteiger partial charge in [-0.05, 0) is 36.5 Å². The molecule has 1 N–H and O–H groups in total. The van der Waals surface area contributed by atoms with E-state index in [0.29, 0.717) is 32.5 Å². The molecule has 7 nitrogen and oxygen atoms in total. The molecule has 1 spiro atoms. The Morgan fingerprint density at radius 1 is 1.21 bits per heavy atom. The van der Waals surface area contributed by atoms with E-state index < -0.39 is 5.54 Å². The van der Waals surface area contributed by atoms with E-state index in [1.165, 1.54) is 4.90 Å². The zero-order valence-corrected chi connectivity index (χ0v) is 17.1. The summed E-state index contributed by atoms with van der Waals surface area (Å²) in [5.41, 5.74) is 0.294. The highest BCUT2D eigenvalue weighted by molar-refractivity contribution is 6.07. The highest BCUT2D eigenvalue weighted by atomic mass is 16.5. The van der Waals surface area contributed by atoms with Crippen molar-refractivity contribution in [2.24, 2.45) is 5.92 Å². The summed E-state index contributed by atoms with van der Waals surface area (Å²) < 4.78 is 5.19. The molecule has 28 heavy (non-hydrogen) atoms. The molecule has 2 saturated heterocycles. The van der Waals surface area contributed by atoms with Crippen LogP contribution < -0.4 is 0 Å². The molecular weight excluding hydrogens is 358 g/mol. The monoisotopic (exact) mass is 389 g/mol. The van der Waals surface area contributed by atoms with Gasteiger partial charge in [-0.2, -0.15) is 0 Å². The Morgan fingerprint density at radius 3 is 2.54 bits per heavy atom. The van der Waals surface area contributed by atoms with Gasteiger partial charge in [0.25, 0.3) is 5.91 Å². The van der Waals surface area contributed by atoms with Crippen molar-refractivity contribution in [3.8, 4) is 5.75 Å². The van der Waals surface area contributed by atoms with E-state index in [2.05, 4.69) is 4.90 Å². The van der Waals surface area contributed by atoms with Crippen LogP contribution in [0.15, 0.2) is 24.3 Å². The molecule has 0 bridgehead atoms. The van der Waals surface area contributed by atoms with Crippen LogP contribution in [-0.2, 0) is 16.1 Å². The second-order valence-corrected chi connectivity index (χ2v) is 8.21. The fraction of sp³-hybridized carbons (Fsp3) is 0.619. The number of phenolic OH excluding ortho intramolecular Hbond substituents is 1. The number of carbonyl (C=O) groups excluding carboxylic acids is 2. The molecule has 0 unspecified atom stereocenters. The van der Waals surface area contributed by atoms with Crippen molar-refractivity contribution in [3.05, 3.63) is 29.8 Å². The van der Waals surface area contributed by atoms with Crippen LogP contribution in [-0.4, -0.2) is 77.2 Å². The standard InChI is InChI=1S/C21H31N3O4/c1-16(2)14-23-19(26)21(24(20(23)27)11-12-28-3)7-9-22(10-8-21)15-17-5-4-6-18(25)13-17/h4-6,13,16,25H,7-12,14-15H2,1-3H3. The SMILES string of the molecule is COCCN1C(=O)N(CC(C)C)C(=O)C12CCN(Cc1cccc(O)c1)CC2. The van der Waals surface area contributed by atoms with Gasteiger partial charge in [-0.15, -0.1) is 0 Å².